The van der Waals surface area contributed by atoms with Crippen LogP contribution < -0.4 is 14.9 Å². The summed E-state index contributed by atoms with van der Waals surface area (Å²) in [6.07, 6.45) is 4.59. The number of carbonyl (C=O) groups excluding carboxylic acids is 1. The van der Waals surface area contributed by atoms with Crippen LogP contribution in [-0.2, 0) is 19.9 Å². The lowest BCUT2D eigenvalue weighted by Crippen LogP contribution is -2.35. The molecule has 1 amide bonds. The summed E-state index contributed by atoms with van der Waals surface area (Å²) in [4.78, 5) is 15.7. The normalized spacial score (nSPS) is 17.5. The van der Waals surface area contributed by atoms with E-state index in [4.69, 9.17) is 0 Å². The average Bonchev–Trinajstić information content (AvgIpc) is 3.56. The molecule has 2 aromatic rings. The molecule has 1 spiro atoms. The molecule has 2 aromatic carbocycles. The summed E-state index contributed by atoms with van der Waals surface area (Å²) in [5.41, 5.74) is 1.92. The molecule has 0 atom stereocenters. The average molecular weight is 548 g/mol. The first-order chi connectivity index (χ1) is 17.2. The van der Waals surface area contributed by atoms with Crippen molar-refractivity contribution < 1.29 is 21.6 Å². The lowest BCUT2D eigenvalue weighted by molar-refractivity contribution is 0.102. The zero-order valence-corrected chi connectivity index (χ0v) is 23.6. The Morgan fingerprint density at radius 2 is 1.62 bits per heavy atom. The van der Waals surface area contributed by atoms with Gasteiger partial charge in [0.25, 0.3) is 5.91 Å². The minimum atomic E-state index is -3.52. The largest absolute Gasteiger partial charge is 0.371 e. The molecule has 0 bridgehead atoms. The van der Waals surface area contributed by atoms with Crippen LogP contribution in [0.1, 0.15) is 63.7 Å². The number of benzene rings is 2. The Hall–Kier alpha value is -2.59. The van der Waals surface area contributed by atoms with Gasteiger partial charge < -0.3 is 10.2 Å². The van der Waals surface area contributed by atoms with E-state index in [1.54, 1.807) is 37.3 Å². The van der Waals surface area contributed by atoms with E-state index >= 15 is 0 Å². The Balaban J connectivity index is 1.61. The highest BCUT2D eigenvalue weighted by molar-refractivity contribution is 7.92. The van der Waals surface area contributed by atoms with Crippen molar-refractivity contribution >= 4 is 42.8 Å². The number of hydrogen-bond acceptors (Lipinski definition) is 6. The monoisotopic (exact) mass is 547 g/mol. The number of carbonyl (C=O) groups is 1. The van der Waals surface area contributed by atoms with Gasteiger partial charge in [-0.2, -0.15) is 0 Å². The number of sulfonamides is 1. The van der Waals surface area contributed by atoms with Crippen molar-refractivity contribution in [2.24, 2.45) is 10.8 Å². The van der Waals surface area contributed by atoms with Crippen molar-refractivity contribution in [3.8, 4) is 0 Å². The van der Waals surface area contributed by atoms with Crippen molar-refractivity contribution in [3.05, 3.63) is 48.0 Å². The van der Waals surface area contributed by atoms with Crippen molar-refractivity contribution in [1.82, 2.24) is 0 Å². The predicted molar refractivity (Wildman–Crippen MR) is 149 cm³/mol. The summed E-state index contributed by atoms with van der Waals surface area (Å²) >= 11 is 0. The van der Waals surface area contributed by atoms with E-state index in [0.29, 0.717) is 28.0 Å². The van der Waals surface area contributed by atoms with Crippen molar-refractivity contribution in [2.45, 2.75) is 58.3 Å². The standard InChI is InChI=1S/C27H37N3O5S2/c1-5-37(34,35)29-21-9-10-23(24(18-21)30-15-13-27(11-12-27)14-16-30)25(31)28-20-7-6-8-22(17-20)36(32,33)19-26(2,3)4/h6-10,17-18,29H,5,11-16,19H2,1-4H3,(H,28,31). The minimum Gasteiger partial charge on any atom is -0.371 e. The van der Waals surface area contributed by atoms with Gasteiger partial charge in [0.15, 0.2) is 9.84 Å². The number of nitrogens with one attached hydrogen (secondary N) is 2. The topological polar surface area (TPSA) is 113 Å². The number of amides is 1. The molecule has 2 aliphatic rings. The highest BCUT2D eigenvalue weighted by Gasteiger charge is 2.44. The summed E-state index contributed by atoms with van der Waals surface area (Å²) in [6.45, 7) is 8.77. The molecule has 0 aromatic heterocycles. The van der Waals surface area contributed by atoms with Crippen LogP contribution in [0.5, 0.6) is 0 Å². The maximum atomic E-state index is 13.4. The molecular formula is C27H37N3O5S2. The van der Waals surface area contributed by atoms with Crippen LogP contribution in [0.15, 0.2) is 47.4 Å². The first-order valence-electron chi connectivity index (χ1n) is 12.7. The second kappa shape index (κ2) is 9.94. The molecule has 8 nitrogen and oxygen atoms in total. The van der Waals surface area contributed by atoms with Gasteiger partial charge in [0, 0.05) is 18.8 Å². The number of anilines is 3. The second-order valence-corrected chi connectivity index (χ2v) is 15.5. The van der Waals surface area contributed by atoms with E-state index in [1.807, 2.05) is 20.8 Å². The lowest BCUT2D eigenvalue weighted by Gasteiger charge is -2.35. The summed E-state index contributed by atoms with van der Waals surface area (Å²) < 4.78 is 52.6. The van der Waals surface area contributed by atoms with Crippen LogP contribution in [-0.4, -0.2) is 47.3 Å². The number of nitrogens with zero attached hydrogens (tertiary/aromatic N) is 1. The number of hydrogen-bond donors (Lipinski definition) is 2. The lowest BCUT2D eigenvalue weighted by atomic mass is 9.93. The van der Waals surface area contributed by atoms with Crippen LogP contribution in [0.3, 0.4) is 0 Å². The molecule has 1 aliphatic heterocycles. The van der Waals surface area contributed by atoms with Gasteiger partial charge in [-0.1, -0.05) is 26.8 Å². The van der Waals surface area contributed by atoms with Crippen LogP contribution in [0, 0.1) is 10.8 Å². The Morgan fingerprint density at radius 3 is 2.22 bits per heavy atom. The van der Waals surface area contributed by atoms with Gasteiger partial charge >= 0.3 is 0 Å². The van der Waals surface area contributed by atoms with Crippen LogP contribution in [0.4, 0.5) is 17.1 Å². The third-order valence-electron chi connectivity index (χ3n) is 7.09. The first kappa shape index (κ1) is 27.4. The maximum absolute atomic E-state index is 13.4. The smallest absolute Gasteiger partial charge is 0.257 e. The number of piperidine rings is 1. The van der Waals surface area contributed by atoms with Gasteiger partial charge in [-0.25, -0.2) is 16.8 Å². The molecule has 1 saturated carbocycles. The van der Waals surface area contributed by atoms with E-state index in [1.165, 1.54) is 25.0 Å². The molecule has 2 N–H and O–H groups in total. The van der Waals surface area contributed by atoms with Gasteiger partial charge in [-0.05, 0) is 79.8 Å². The van der Waals surface area contributed by atoms with Gasteiger partial charge in [0.1, 0.15) is 0 Å². The molecule has 1 aliphatic carbocycles. The molecule has 37 heavy (non-hydrogen) atoms. The summed E-state index contributed by atoms with van der Waals surface area (Å²) in [5, 5.41) is 2.85. The summed E-state index contributed by atoms with van der Waals surface area (Å²) in [6, 6.07) is 11.2. The van der Waals surface area contributed by atoms with Gasteiger partial charge in [-0.15, -0.1) is 0 Å². The highest BCUT2D eigenvalue weighted by atomic mass is 32.2. The van der Waals surface area contributed by atoms with Crippen molar-refractivity contribution in [2.75, 3.05) is 39.5 Å². The molecule has 1 saturated heterocycles. The number of sulfone groups is 1. The van der Waals surface area contributed by atoms with Crippen LogP contribution in [0.25, 0.3) is 0 Å². The van der Waals surface area contributed by atoms with E-state index in [2.05, 4.69) is 14.9 Å². The third kappa shape index (κ3) is 6.84. The highest BCUT2D eigenvalue weighted by Crippen LogP contribution is 2.54. The zero-order valence-electron chi connectivity index (χ0n) is 22.0. The first-order valence-corrected chi connectivity index (χ1v) is 16.1. The maximum Gasteiger partial charge on any atom is 0.257 e. The molecule has 10 heteroatoms. The SMILES string of the molecule is CCS(=O)(=O)Nc1ccc(C(=O)Nc2cccc(S(=O)(=O)CC(C)(C)C)c2)c(N2CCC3(CC2)CC3)c1. The quantitative estimate of drug-likeness (QED) is 0.486. The summed E-state index contributed by atoms with van der Waals surface area (Å²) in [7, 11) is -6.99. The fourth-order valence-corrected chi connectivity index (χ4v) is 7.35. The Morgan fingerprint density at radius 1 is 0.946 bits per heavy atom. The Bertz CT molecular complexity index is 1380. The summed E-state index contributed by atoms with van der Waals surface area (Å²) in [5.74, 6) is -0.435. The third-order valence-corrected chi connectivity index (χ3v) is 10.6. The van der Waals surface area contributed by atoms with Crippen LogP contribution >= 0.6 is 0 Å². The van der Waals surface area contributed by atoms with Gasteiger partial charge in [0.2, 0.25) is 10.0 Å². The van der Waals surface area contributed by atoms with Crippen molar-refractivity contribution in [3.63, 3.8) is 0 Å². The molecular weight excluding hydrogens is 510 g/mol. The molecule has 2 fully saturated rings. The second-order valence-electron chi connectivity index (χ2n) is 11.5. The zero-order chi connectivity index (χ0) is 27.1. The molecule has 4 rings (SSSR count). The molecule has 1 heterocycles. The molecule has 202 valence electrons. The molecule has 0 unspecified atom stereocenters. The van der Waals surface area contributed by atoms with Crippen LogP contribution in [0.2, 0.25) is 0 Å². The van der Waals surface area contributed by atoms with E-state index in [9.17, 15) is 21.6 Å². The van der Waals surface area contributed by atoms with Gasteiger partial charge in [-0.3, -0.25) is 9.52 Å². The minimum absolute atomic E-state index is 0.00682. The van der Waals surface area contributed by atoms with Gasteiger partial charge in [0.05, 0.1) is 33.3 Å². The Labute approximate surface area is 220 Å². The predicted octanol–water partition coefficient (Wildman–Crippen LogP) is 4.90. The van der Waals surface area contributed by atoms with E-state index in [0.717, 1.165) is 25.9 Å². The van der Waals surface area contributed by atoms with E-state index in [-0.39, 0.29) is 22.3 Å². The number of rotatable bonds is 8. The fraction of sp³-hybridized carbons (Fsp3) is 0.519. The molecule has 0 radical (unpaired) electrons. The fourth-order valence-electron chi connectivity index (χ4n) is 4.82. The Kier molecular flexibility index (Phi) is 7.38. The van der Waals surface area contributed by atoms with E-state index < -0.39 is 25.3 Å². The van der Waals surface area contributed by atoms with Crippen molar-refractivity contribution in [1.29, 1.82) is 0 Å².